The Labute approximate surface area is 316 Å². The van der Waals surface area contributed by atoms with Crippen LogP contribution in [0.1, 0.15) is 145 Å². The van der Waals surface area contributed by atoms with Gasteiger partial charge >= 0.3 is 11.9 Å². The predicted molar refractivity (Wildman–Crippen MR) is 203 cm³/mol. The number of ether oxygens (including phenoxy) is 1. The summed E-state index contributed by atoms with van der Waals surface area (Å²) in [5, 5.41) is 12.6. The van der Waals surface area contributed by atoms with Crippen molar-refractivity contribution in [2.24, 2.45) is 56.2 Å². The molecule has 9 heteroatoms. The van der Waals surface area contributed by atoms with Crippen LogP contribution in [0.3, 0.4) is 0 Å². The molecule has 5 aliphatic rings. The summed E-state index contributed by atoms with van der Waals surface area (Å²) < 4.78 is 6.16. The highest BCUT2D eigenvalue weighted by molar-refractivity contribution is 6.01. The highest BCUT2D eigenvalue weighted by Gasteiger charge is 2.70. The van der Waals surface area contributed by atoms with Gasteiger partial charge in [0.15, 0.2) is 5.78 Å². The van der Waals surface area contributed by atoms with Gasteiger partial charge in [0, 0.05) is 29.6 Å². The number of hydrogen-bond donors (Lipinski definition) is 2. The quantitative estimate of drug-likeness (QED) is 0.191. The maximum absolute atomic E-state index is 14.0. The van der Waals surface area contributed by atoms with Crippen molar-refractivity contribution in [2.45, 2.75) is 146 Å². The third-order valence-electron chi connectivity index (χ3n) is 15.7. The number of aliphatic carboxylic acids is 1. The van der Waals surface area contributed by atoms with Crippen LogP contribution in [0.15, 0.2) is 41.8 Å². The Bertz CT molecular complexity index is 1710. The summed E-state index contributed by atoms with van der Waals surface area (Å²) in [6.07, 6.45) is 14.9. The number of hydrogen-bond acceptors (Lipinski definition) is 7. The van der Waals surface area contributed by atoms with E-state index in [-0.39, 0.29) is 63.8 Å². The van der Waals surface area contributed by atoms with Gasteiger partial charge in [0.25, 0.3) is 0 Å². The molecule has 290 valence electrons. The van der Waals surface area contributed by atoms with Crippen molar-refractivity contribution in [3.8, 4) is 0 Å². The lowest BCUT2D eigenvalue weighted by Gasteiger charge is -2.72. The van der Waals surface area contributed by atoms with Crippen LogP contribution in [-0.2, 0) is 23.9 Å². The van der Waals surface area contributed by atoms with Crippen molar-refractivity contribution >= 4 is 23.6 Å². The number of carboxylic acid groups (broad SMARTS) is 1. The summed E-state index contributed by atoms with van der Waals surface area (Å²) in [4.78, 5) is 60.7. The first-order chi connectivity index (χ1) is 24.6. The molecule has 1 aromatic rings. The highest BCUT2D eigenvalue weighted by atomic mass is 16.5. The fourth-order valence-corrected chi connectivity index (χ4v) is 12.8. The summed E-state index contributed by atoms with van der Waals surface area (Å²) in [5.41, 5.74) is 0.516. The van der Waals surface area contributed by atoms with Gasteiger partial charge in [0.05, 0.1) is 17.9 Å². The van der Waals surface area contributed by atoms with Gasteiger partial charge in [0.2, 0.25) is 5.91 Å². The van der Waals surface area contributed by atoms with E-state index in [0.29, 0.717) is 24.1 Å². The van der Waals surface area contributed by atoms with Crippen molar-refractivity contribution in [3.63, 3.8) is 0 Å². The maximum atomic E-state index is 14.0. The fraction of sp³-hybridized carbons (Fsp3) is 0.727. The average molecular weight is 730 g/mol. The number of carbonyl (C=O) groups is 4. The average Bonchev–Trinajstić information content (AvgIpc) is 3.38. The zero-order valence-electron chi connectivity index (χ0n) is 33.8. The third-order valence-corrected chi connectivity index (χ3v) is 15.7. The normalized spacial score (nSPS) is 37.0. The molecule has 1 aromatic heterocycles. The van der Waals surface area contributed by atoms with Crippen LogP contribution in [0.2, 0.25) is 0 Å². The minimum absolute atomic E-state index is 0.0153. The van der Waals surface area contributed by atoms with Gasteiger partial charge in [-0.15, -0.1) is 0 Å². The molecule has 9 nitrogen and oxygen atoms in total. The molecule has 5 aliphatic carbocycles. The first kappa shape index (κ1) is 39.3. The molecule has 1 heterocycles. The topological polar surface area (TPSA) is 136 Å². The first-order valence-corrected chi connectivity index (χ1v) is 20.1. The van der Waals surface area contributed by atoms with Crippen LogP contribution in [0, 0.1) is 56.2 Å². The second kappa shape index (κ2) is 13.4. The van der Waals surface area contributed by atoms with Crippen LogP contribution in [0.5, 0.6) is 0 Å². The van der Waals surface area contributed by atoms with Crippen LogP contribution in [0.25, 0.3) is 0 Å². The standard InChI is InChI=1S/C44H63N3O6/c1-26(2)35-29(48)24-44(19-16-33(49)47-27(3)37-45-22-11-23-46-37)21-20-42(9)28(36(35)44)12-13-31-41(8)17-15-32(53-34(50)25-39(4,5)38(51)52)40(6,7)30(41)14-18-43(31,42)10/h11,16,19,22-23,26-28,30-32H,12-15,17-18,20-21,24-25H2,1-10H3,(H,47,49)(H,51,52)/t27-,28-,30+,31-,32+,41+,42-,43-,44+/m1/s1. The number of nitrogens with zero attached hydrogens (tertiary/aromatic N) is 2. The molecule has 53 heavy (non-hydrogen) atoms. The fourth-order valence-electron chi connectivity index (χ4n) is 12.8. The minimum atomic E-state index is -1.17. The van der Waals surface area contributed by atoms with Gasteiger partial charge in [-0.1, -0.05) is 54.5 Å². The number of amides is 1. The number of nitrogens with one attached hydrogen (secondary N) is 1. The summed E-state index contributed by atoms with van der Waals surface area (Å²) in [5.74, 6) is 0.381. The van der Waals surface area contributed by atoms with Gasteiger partial charge in [-0.2, -0.15) is 0 Å². The zero-order valence-corrected chi connectivity index (χ0v) is 33.8. The van der Waals surface area contributed by atoms with Crippen LogP contribution in [-0.4, -0.2) is 44.8 Å². The molecule has 2 N–H and O–H groups in total. The van der Waals surface area contributed by atoms with Crippen LogP contribution in [0.4, 0.5) is 0 Å². The highest BCUT2D eigenvalue weighted by Crippen LogP contribution is 2.77. The molecule has 4 saturated carbocycles. The maximum Gasteiger partial charge on any atom is 0.309 e. The van der Waals surface area contributed by atoms with E-state index in [1.54, 1.807) is 38.4 Å². The lowest BCUT2D eigenvalue weighted by molar-refractivity contribution is -0.232. The molecule has 0 aromatic carbocycles. The van der Waals surface area contributed by atoms with Gasteiger partial charge in [0.1, 0.15) is 11.9 Å². The summed E-state index contributed by atoms with van der Waals surface area (Å²) >= 11 is 0. The third kappa shape index (κ3) is 6.30. The van der Waals surface area contributed by atoms with E-state index in [4.69, 9.17) is 4.74 Å². The molecule has 1 amide bonds. The number of allylic oxidation sites excluding steroid dienone is 3. The lowest BCUT2D eigenvalue weighted by Crippen LogP contribution is -2.65. The van der Waals surface area contributed by atoms with Crippen molar-refractivity contribution in [1.29, 1.82) is 0 Å². The molecule has 0 unspecified atom stereocenters. The Balaban J connectivity index is 1.27. The summed E-state index contributed by atoms with van der Waals surface area (Å²) in [6, 6.07) is 1.42. The number of carboxylic acids is 1. The van der Waals surface area contributed by atoms with E-state index in [1.165, 1.54) is 5.57 Å². The Morgan fingerprint density at radius 3 is 2.26 bits per heavy atom. The molecule has 9 atom stereocenters. The predicted octanol–water partition coefficient (Wildman–Crippen LogP) is 8.60. The van der Waals surface area contributed by atoms with Crippen molar-refractivity contribution in [3.05, 3.63) is 47.6 Å². The van der Waals surface area contributed by atoms with Crippen LogP contribution < -0.4 is 5.32 Å². The van der Waals surface area contributed by atoms with Crippen molar-refractivity contribution in [1.82, 2.24) is 15.3 Å². The molecule has 0 bridgehead atoms. The minimum Gasteiger partial charge on any atom is -0.481 e. The van der Waals surface area contributed by atoms with E-state index in [1.807, 2.05) is 6.92 Å². The number of Topliss-reactive ketones (excluding diaryl/α,β-unsaturated/α-hetero) is 1. The van der Waals surface area contributed by atoms with Gasteiger partial charge in [-0.3, -0.25) is 19.2 Å². The van der Waals surface area contributed by atoms with Gasteiger partial charge in [-0.05, 0) is 135 Å². The van der Waals surface area contributed by atoms with Gasteiger partial charge < -0.3 is 15.2 Å². The lowest BCUT2D eigenvalue weighted by atomic mass is 9.33. The van der Waals surface area contributed by atoms with Crippen molar-refractivity contribution in [2.75, 3.05) is 0 Å². The molecular weight excluding hydrogens is 666 g/mol. The number of carbonyl (C=O) groups excluding carboxylic acids is 3. The summed E-state index contributed by atoms with van der Waals surface area (Å²) in [7, 11) is 0. The zero-order chi connectivity index (χ0) is 38.9. The Morgan fingerprint density at radius 1 is 0.943 bits per heavy atom. The molecule has 0 aliphatic heterocycles. The molecule has 0 spiro atoms. The number of aromatic nitrogens is 2. The number of fused-ring (bicyclic) bond motifs is 7. The van der Waals surface area contributed by atoms with Crippen LogP contribution >= 0.6 is 0 Å². The molecule has 6 rings (SSSR count). The van der Waals surface area contributed by atoms with Crippen molar-refractivity contribution < 1.29 is 29.0 Å². The smallest absolute Gasteiger partial charge is 0.309 e. The monoisotopic (exact) mass is 729 g/mol. The summed E-state index contributed by atoms with van der Waals surface area (Å²) in [6.45, 7) is 21.4. The second-order valence-corrected chi connectivity index (χ2v) is 19.7. The number of esters is 1. The Morgan fingerprint density at radius 2 is 1.62 bits per heavy atom. The Hall–Kier alpha value is -3.36. The van der Waals surface area contributed by atoms with E-state index in [2.05, 4.69) is 69.8 Å². The molecule has 0 radical (unpaired) electrons. The van der Waals surface area contributed by atoms with Gasteiger partial charge in [-0.25, -0.2) is 9.97 Å². The molecular formula is C44H63N3O6. The Kier molecular flexibility index (Phi) is 9.97. The van der Waals surface area contributed by atoms with E-state index in [9.17, 15) is 24.3 Å². The number of ketones is 1. The SMILES string of the molecule is CC(C)C1=C2[C@H]3CC[C@@H]4[C@@]5(C)CC[C@H](OC(=O)CC(C)(C)C(=O)O)C(C)(C)[C@@H]5CC[C@@]4(C)[C@]3(C)CC[C@@]2(C=CC(=O)N[C@H](C)c2ncccn2)CC1=O. The molecule has 4 fully saturated rings. The first-order valence-electron chi connectivity index (χ1n) is 20.1. The molecule has 0 saturated heterocycles. The second-order valence-electron chi connectivity index (χ2n) is 19.7. The largest absolute Gasteiger partial charge is 0.481 e. The van der Waals surface area contributed by atoms with E-state index in [0.717, 1.165) is 56.9 Å². The number of rotatable bonds is 9. The van der Waals surface area contributed by atoms with E-state index >= 15 is 0 Å². The van der Waals surface area contributed by atoms with E-state index < -0.39 is 22.8 Å².